The van der Waals surface area contributed by atoms with Crippen LogP contribution in [0.5, 0.6) is 0 Å². The van der Waals surface area contributed by atoms with Crippen molar-refractivity contribution in [3.8, 4) is 0 Å². The number of benzene rings is 2. The topological polar surface area (TPSA) is 12.5 Å². The summed E-state index contributed by atoms with van der Waals surface area (Å²) in [6.07, 6.45) is 6.30. The van der Waals surface area contributed by atoms with Gasteiger partial charge in [0, 0.05) is 6.04 Å². The summed E-state index contributed by atoms with van der Waals surface area (Å²) in [5, 5.41) is 0. The van der Waals surface area contributed by atoms with Crippen molar-refractivity contribution >= 4 is 6.08 Å². The maximum absolute atomic E-state index is 6.48. The van der Waals surface area contributed by atoms with Crippen LogP contribution in [0.25, 0.3) is 6.08 Å². The van der Waals surface area contributed by atoms with E-state index in [4.69, 9.17) is 4.74 Å². The van der Waals surface area contributed by atoms with Crippen molar-refractivity contribution in [3.63, 3.8) is 0 Å². The first-order valence-corrected chi connectivity index (χ1v) is 8.49. The molecule has 2 aromatic rings. The summed E-state index contributed by atoms with van der Waals surface area (Å²) in [7, 11) is 2.15. The van der Waals surface area contributed by atoms with E-state index in [-0.39, 0.29) is 24.3 Å². The van der Waals surface area contributed by atoms with Crippen LogP contribution in [0.1, 0.15) is 24.2 Å². The standard InChI is InChI=1S/C22H25NO/c1-4-20-21(16-15-18-11-7-5-8-12-18)24-22(17(2)23(20)3)19-13-9-6-10-14-19/h4-17,20-22H,1H2,2-3H3/b16-15+/t17-,20-,21-,22-/m0/s1. The van der Waals surface area contributed by atoms with E-state index in [1.165, 1.54) is 11.1 Å². The Kier molecular flexibility index (Phi) is 5.29. The molecule has 2 nitrogen and oxygen atoms in total. The third-order valence-corrected chi connectivity index (χ3v) is 4.84. The third kappa shape index (κ3) is 3.50. The average Bonchev–Trinajstić information content (AvgIpc) is 2.64. The highest BCUT2D eigenvalue weighted by Gasteiger charge is 2.37. The first-order chi connectivity index (χ1) is 11.7. The van der Waals surface area contributed by atoms with E-state index in [9.17, 15) is 0 Å². The summed E-state index contributed by atoms with van der Waals surface area (Å²) in [6.45, 7) is 6.23. The van der Waals surface area contributed by atoms with Crippen LogP contribution >= 0.6 is 0 Å². The molecule has 24 heavy (non-hydrogen) atoms. The molecule has 0 spiro atoms. The van der Waals surface area contributed by atoms with E-state index in [1.54, 1.807) is 0 Å². The van der Waals surface area contributed by atoms with E-state index >= 15 is 0 Å². The molecule has 0 amide bonds. The summed E-state index contributed by atoms with van der Waals surface area (Å²) >= 11 is 0. The number of likely N-dealkylation sites (N-methyl/N-ethyl adjacent to an activating group) is 1. The average molecular weight is 319 g/mol. The molecule has 2 heteroatoms. The maximum Gasteiger partial charge on any atom is 0.0986 e. The summed E-state index contributed by atoms with van der Waals surface area (Å²) in [6, 6.07) is 21.2. The van der Waals surface area contributed by atoms with Crippen molar-refractivity contribution in [2.75, 3.05) is 7.05 Å². The second-order valence-electron chi connectivity index (χ2n) is 6.33. The SMILES string of the molecule is C=C[C@H]1[C@H](/C=C/c2ccccc2)O[C@H](c2ccccc2)[C@H](C)N1C. The van der Waals surface area contributed by atoms with E-state index in [0.717, 1.165) is 0 Å². The second kappa shape index (κ2) is 7.61. The molecule has 0 radical (unpaired) electrons. The molecule has 124 valence electrons. The van der Waals surface area contributed by atoms with Gasteiger partial charge in [-0.05, 0) is 25.1 Å². The first kappa shape index (κ1) is 16.7. The van der Waals surface area contributed by atoms with Gasteiger partial charge in [-0.25, -0.2) is 0 Å². The van der Waals surface area contributed by atoms with E-state index < -0.39 is 0 Å². The van der Waals surface area contributed by atoms with Crippen molar-refractivity contribution in [2.45, 2.75) is 31.2 Å². The first-order valence-electron chi connectivity index (χ1n) is 8.49. The summed E-state index contributed by atoms with van der Waals surface area (Å²) in [5.41, 5.74) is 2.40. The van der Waals surface area contributed by atoms with Crippen molar-refractivity contribution in [1.29, 1.82) is 0 Å². The molecule has 1 saturated heterocycles. The molecule has 3 rings (SSSR count). The molecule has 1 fully saturated rings. The Hall–Kier alpha value is -2.16. The Bertz CT molecular complexity index is 680. The van der Waals surface area contributed by atoms with Crippen molar-refractivity contribution in [2.24, 2.45) is 0 Å². The molecule has 0 aromatic heterocycles. The molecule has 4 atom stereocenters. The van der Waals surface area contributed by atoms with E-state index in [0.29, 0.717) is 0 Å². The highest BCUT2D eigenvalue weighted by molar-refractivity contribution is 5.49. The smallest absolute Gasteiger partial charge is 0.0986 e. The number of rotatable bonds is 4. The fourth-order valence-corrected chi connectivity index (χ4v) is 3.31. The lowest BCUT2D eigenvalue weighted by atomic mass is 9.95. The van der Waals surface area contributed by atoms with Crippen LogP contribution < -0.4 is 0 Å². The summed E-state index contributed by atoms with van der Waals surface area (Å²) < 4.78 is 6.48. The van der Waals surface area contributed by atoms with Gasteiger partial charge in [-0.15, -0.1) is 6.58 Å². The quantitative estimate of drug-likeness (QED) is 0.756. The minimum atomic E-state index is -0.0193. The molecule has 2 aromatic carbocycles. The Morgan fingerprint density at radius 2 is 1.62 bits per heavy atom. The monoisotopic (exact) mass is 319 g/mol. The molecule has 0 N–H and O–H groups in total. The van der Waals surface area contributed by atoms with Crippen LogP contribution in [-0.4, -0.2) is 30.1 Å². The van der Waals surface area contributed by atoms with Gasteiger partial charge in [-0.3, -0.25) is 4.90 Å². The van der Waals surface area contributed by atoms with Gasteiger partial charge < -0.3 is 4.74 Å². The lowest BCUT2D eigenvalue weighted by molar-refractivity contribution is -0.111. The van der Waals surface area contributed by atoms with Crippen LogP contribution in [0.4, 0.5) is 0 Å². The zero-order valence-corrected chi connectivity index (χ0v) is 14.4. The second-order valence-corrected chi connectivity index (χ2v) is 6.33. The van der Waals surface area contributed by atoms with Crippen LogP contribution in [-0.2, 0) is 4.74 Å². The molecular weight excluding hydrogens is 294 g/mol. The van der Waals surface area contributed by atoms with Gasteiger partial charge in [0.2, 0.25) is 0 Å². The minimum absolute atomic E-state index is 0.0193. The largest absolute Gasteiger partial charge is 0.363 e. The minimum Gasteiger partial charge on any atom is -0.363 e. The van der Waals surface area contributed by atoms with Crippen LogP contribution in [0.2, 0.25) is 0 Å². The molecule has 1 heterocycles. The number of hydrogen-bond donors (Lipinski definition) is 0. The van der Waals surface area contributed by atoms with E-state index in [2.05, 4.69) is 74.0 Å². The van der Waals surface area contributed by atoms with Gasteiger partial charge in [-0.2, -0.15) is 0 Å². The van der Waals surface area contributed by atoms with Gasteiger partial charge in [0.25, 0.3) is 0 Å². The van der Waals surface area contributed by atoms with Crippen LogP contribution in [0, 0.1) is 0 Å². The predicted octanol–water partition coefficient (Wildman–Crippen LogP) is 4.71. The normalized spacial score (nSPS) is 28.1. The zero-order chi connectivity index (χ0) is 16.9. The van der Waals surface area contributed by atoms with Gasteiger partial charge in [-0.1, -0.05) is 78.9 Å². The Morgan fingerprint density at radius 1 is 1.00 bits per heavy atom. The van der Waals surface area contributed by atoms with Crippen molar-refractivity contribution in [3.05, 3.63) is 90.5 Å². The number of hydrogen-bond acceptors (Lipinski definition) is 2. The van der Waals surface area contributed by atoms with Gasteiger partial charge in [0.15, 0.2) is 0 Å². The summed E-state index contributed by atoms with van der Waals surface area (Å²) in [5.74, 6) is 0. The number of morpholine rings is 1. The molecule has 0 bridgehead atoms. The molecule has 0 aliphatic carbocycles. The predicted molar refractivity (Wildman–Crippen MR) is 101 cm³/mol. The van der Waals surface area contributed by atoms with Gasteiger partial charge >= 0.3 is 0 Å². The number of ether oxygens (including phenoxy) is 1. The van der Waals surface area contributed by atoms with E-state index in [1.807, 2.05) is 30.3 Å². The van der Waals surface area contributed by atoms with Gasteiger partial charge in [0.1, 0.15) is 0 Å². The van der Waals surface area contributed by atoms with Crippen LogP contribution in [0.3, 0.4) is 0 Å². The highest BCUT2D eigenvalue weighted by atomic mass is 16.5. The van der Waals surface area contributed by atoms with Crippen molar-refractivity contribution < 1.29 is 4.74 Å². The highest BCUT2D eigenvalue weighted by Crippen LogP contribution is 2.34. The fraction of sp³-hybridized carbons (Fsp3) is 0.273. The molecule has 1 aliphatic rings. The Balaban J connectivity index is 1.86. The molecule has 0 unspecified atom stereocenters. The molecular formula is C22H25NO. The lowest BCUT2D eigenvalue weighted by Gasteiger charge is -2.45. The van der Waals surface area contributed by atoms with Gasteiger partial charge in [0.05, 0.1) is 18.2 Å². The Labute approximate surface area is 145 Å². The lowest BCUT2D eigenvalue weighted by Crippen LogP contribution is -2.53. The number of nitrogens with zero attached hydrogens (tertiary/aromatic N) is 1. The fourth-order valence-electron chi connectivity index (χ4n) is 3.31. The zero-order valence-electron chi connectivity index (χ0n) is 14.4. The van der Waals surface area contributed by atoms with Crippen molar-refractivity contribution in [1.82, 2.24) is 4.90 Å². The Morgan fingerprint density at radius 3 is 2.25 bits per heavy atom. The van der Waals surface area contributed by atoms with Crippen LogP contribution in [0.15, 0.2) is 79.4 Å². The molecule has 0 saturated carbocycles. The summed E-state index contributed by atoms with van der Waals surface area (Å²) in [4.78, 5) is 2.36. The third-order valence-electron chi connectivity index (χ3n) is 4.84. The maximum atomic E-state index is 6.48. The molecule has 1 aliphatic heterocycles.